The van der Waals surface area contributed by atoms with Crippen LogP contribution in [0.25, 0.3) is 0 Å². The van der Waals surface area contributed by atoms with Gasteiger partial charge in [-0.3, -0.25) is 9.59 Å². The molecule has 1 heterocycles. The van der Waals surface area contributed by atoms with Crippen LogP contribution in [0.1, 0.15) is 88.8 Å². The standard InChI is InChI=1S/C44H53NO14/c1-22-28(57-39(53)35(50)33(23-14-10-9-11-15-23)45(8)40(54)59-41(2,3)4)20-44(55)37(58-38(52)25-17-13-12-16-24(25)18-30(47)48)32-26-21-56-27(26)19-29(46)43(32,7)36(51)34(49)31(22)42(44,5)6/h9-17,26-29,32-35,37,46,49-50,55H,8,18-21H2,1-7H3/p+1. The van der Waals surface area contributed by atoms with Crippen LogP contribution in [-0.2, 0) is 39.8 Å². The lowest BCUT2D eigenvalue weighted by Gasteiger charge is -2.64. The highest BCUT2D eigenvalue weighted by molar-refractivity contribution is 5.94. The molecule has 3 fully saturated rings. The quantitative estimate of drug-likeness (QED) is 0.0805. The first kappa shape index (κ1) is 43.8. The van der Waals surface area contributed by atoms with Crippen LogP contribution in [0.3, 0.4) is 0 Å². The maximum atomic E-state index is 14.8. The SMILES string of the molecule is C=[N+](C(=O)OC(C)(C)C)C(c1ccccc1)C(O)C(=O)OC1CC2(O)C(OC(=O)c3ccccc3CC(=O)O)C3C4COC4CC(O)C3(C)C(=O)C(O)C(=C1C)C2(C)C. The van der Waals surface area contributed by atoms with Crippen molar-refractivity contribution in [3.8, 4) is 0 Å². The third-order valence-corrected chi connectivity index (χ3v) is 13.0. The molecule has 3 aliphatic carbocycles. The minimum atomic E-state index is -2.27. The Bertz CT molecular complexity index is 2070. The molecule has 2 bridgehead atoms. The van der Waals surface area contributed by atoms with E-state index in [2.05, 4.69) is 6.72 Å². The molecule has 0 spiro atoms. The van der Waals surface area contributed by atoms with Gasteiger partial charge in [0.15, 0.2) is 5.78 Å². The van der Waals surface area contributed by atoms with Crippen molar-refractivity contribution >= 4 is 36.5 Å². The van der Waals surface area contributed by atoms with Gasteiger partial charge < -0.3 is 44.5 Å². The second-order valence-electron chi connectivity index (χ2n) is 17.9. The van der Waals surface area contributed by atoms with Gasteiger partial charge in [0.05, 0.1) is 36.2 Å². The van der Waals surface area contributed by atoms with Crippen LogP contribution < -0.4 is 0 Å². The number of benzene rings is 2. The molecule has 1 amide bonds. The van der Waals surface area contributed by atoms with E-state index >= 15 is 0 Å². The van der Waals surface area contributed by atoms with Crippen molar-refractivity contribution in [3.05, 3.63) is 82.4 Å². The number of ketones is 1. The van der Waals surface area contributed by atoms with E-state index in [9.17, 15) is 49.5 Å². The van der Waals surface area contributed by atoms with Crippen molar-refractivity contribution in [1.29, 1.82) is 0 Å². The Labute approximate surface area is 342 Å². The van der Waals surface area contributed by atoms with E-state index in [1.807, 2.05) is 0 Å². The first-order chi connectivity index (χ1) is 27.4. The second-order valence-corrected chi connectivity index (χ2v) is 17.9. The molecule has 2 aromatic rings. The highest BCUT2D eigenvalue weighted by atomic mass is 16.6. The largest absolute Gasteiger partial charge is 0.597 e. The summed E-state index contributed by atoms with van der Waals surface area (Å²) in [6.45, 7) is 14.9. The number of Topliss-reactive ketones (excluding diaryl/α,β-unsaturated/α-hetero) is 1. The third-order valence-electron chi connectivity index (χ3n) is 13.0. The van der Waals surface area contributed by atoms with Crippen LogP contribution in [0.2, 0.25) is 0 Å². The fraction of sp³-hybridized carbons (Fsp3) is 0.545. The lowest BCUT2D eigenvalue weighted by atomic mass is 9.46. The third kappa shape index (κ3) is 7.52. The highest BCUT2D eigenvalue weighted by Gasteiger charge is 2.72. The topological polar surface area (TPSA) is 226 Å². The summed E-state index contributed by atoms with van der Waals surface area (Å²) in [6, 6.07) is 12.6. The normalized spacial score (nSPS) is 32.1. The number of hydrogen-bond donors (Lipinski definition) is 5. The summed E-state index contributed by atoms with van der Waals surface area (Å²) in [5.41, 5.74) is -6.14. The molecule has 11 unspecified atom stereocenters. The number of esters is 2. The monoisotopic (exact) mass is 820 g/mol. The van der Waals surface area contributed by atoms with Crippen molar-refractivity contribution < 1.29 is 73.0 Å². The molecule has 4 aliphatic rings. The predicted molar refractivity (Wildman–Crippen MR) is 208 cm³/mol. The molecule has 0 aromatic heterocycles. The van der Waals surface area contributed by atoms with Gasteiger partial charge in [-0.15, -0.1) is 4.58 Å². The van der Waals surface area contributed by atoms with Crippen molar-refractivity contribution in [2.24, 2.45) is 22.7 Å². The van der Waals surface area contributed by atoms with Gasteiger partial charge in [-0.2, -0.15) is 4.79 Å². The van der Waals surface area contributed by atoms with Crippen LogP contribution in [0.5, 0.6) is 0 Å². The second kappa shape index (κ2) is 15.7. The maximum absolute atomic E-state index is 14.8. The Kier molecular flexibility index (Phi) is 11.6. The van der Waals surface area contributed by atoms with E-state index in [0.717, 1.165) is 4.58 Å². The molecule has 318 valence electrons. The molecule has 15 nitrogen and oxygen atoms in total. The summed E-state index contributed by atoms with van der Waals surface area (Å²) in [6.07, 6.45) is -11.0. The molecular weight excluding hydrogens is 766 g/mol. The highest BCUT2D eigenvalue weighted by Crippen LogP contribution is 2.62. The number of carboxylic acids is 1. The molecular formula is C44H54NO14+. The number of nitrogens with zero attached hydrogens (tertiary/aromatic N) is 1. The van der Waals surface area contributed by atoms with Gasteiger partial charge in [-0.05, 0) is 57.4 Å². The average Bonchev–Trinajstić information content (AvgIpc) is 3.14. The summed E-state index contributed by atoms with van der Waals surface area (Å²) in [4.78, 5) is 68.3. The van der Waals surface area contributed by atoms with Gasteiger partial charge >= 0.3 is 24.0 Å². The Morgan fingerprint density at radius 2 is 1.63 bits per heavy atom. The van der Waals surface area contributed by atoms with Crippen LogP contribution in [0, 0.1) is 22.7 Å². The Hall–Kier alpha value is -4.80. The lowest BCUT2D eigenvalue weighted by molar-refractivity contribution is -0.500. The number of rotatable bonds is 9. The van der Waals surface area contributed by atoms with E-state index in [1.54, 1.807) is 71.0 Å². The van der Waals surface area contributed by atoms with E-state index in [-0.39, 0.29) is 35.3 Å². The van der Waals surface area contributed by atoms with Crippen LogP contribution >= 0.6 is 0 Å². The summed E-state index contributed by atoms with van der Waals surface area (Å²) in [5, 5.41) is 58.5. The number of aliphatic carboxylic acids is 1. The predicted octanol–water partition coefficient (Wildman–Crippen LogP) is 3.32. The Morgan fingerprint density at radius 1 is 1.00 bits per heavy atom. The maximum Gasteiger partial charge on any atom is 0.597 e. The molecule has 1 saturated heterocycles. The number of carboxylic acid groups (broad SMARTS) is 1. The fourth-order valence-corrected chi connectivity index (χ4v) is 9.73. The minimum absolute atomic E-state index is 0.0331. The number of aliphatic hydroxyl groups excluding tert-OH is 3. The van der Waals surface area contributed by atoms with Gasteiger partial charge in [-0.25, -0.2) is 9.59 Å². The first-order valence-electron chi connectivity index (χ1n) is 19.7. The zero-order valence-corrected chi connectivity index (χ0v) is 34.3. The van der Waals surface area contributed by atoms with Crippen molar-refractivity contribution in [2.45, 2.75) is 122 Å². The molecule has 11 atom stereocenters. The summed E-state index contributed by atoms with van der Waals surface area (Å²) < 4.78 is 24.4. The Balaban J connectivity index is 1.46. The van der Waals surface area contributed by atoms with Gasteiger partial charge in [0.25, 0.3) is 0 Å². The zero-order chi connectivity index (χ0) is 43.6. The molecule has 1 aliphatic heterocycles. The van der Waals surface area contributed by atoms with Crippen molar-refractivity contribution in [1.82, 2.24) is 0 Å². The molecule has 2 aromatic carbocycles. The first-order valence-corrected chi connectivity index (χ1v) is 19.7. The Morgan fingerprint density at radius 3 is 2.22 bits per heavy atom. The number of hydrogen-bond acceptors (Lipinski definition) is 13. The van der Waals surface area contributed by atoms with Gasteiger partial charge in [0.1, 0.15) is 36.2 Å². The van der Waals surface area contributed by atoms with Gasteiger partial charge in [0.2, 0.25) is 12.1 Å². The lowest BCUT2D eigenvalue weighted by Crippen LogP contribution is -2.75. The summed E-state index contributed by atoms with van der Waals surface area (Å²) in [5.74, 6) is -5.99. The van der Waals surface area contributed by atoms with Gasteiger partial charge in [0, 0.05) is 35.7 Å². The number of amides is 1. The molecule has 0 radical (unpaired) electrons. The summed E-state index contributed by atoms with van der Waals surface area (Å²) >= 11 is 0. The molecule has 2 saturated carbocycles. The number of fused-ring (bicyclic) bond motifs is 5. The zero-order valence-electron chi connectivity index (χ0n) is 34.3. The van der Waals surface area contributed by atoms with Crippen LogP contribution in [0.15, 0.2) is 65.7 Å². The number of ether oxygens (including phenoxy) is 4. The van der Waals surface area contributed by atoms with Crippen molar-refractivity contribution in [3.63, 3.8) is 0 Å². The van der Waals surface area contributed by atoms with E-state index in [1.165, 1.54) is 32.0 Å². The number of carbonyl (C=O) groups is 5. The van der Waals surface area contributed by atoms with Crippen LogP contribution in [-0.4, -0.2) is 121 Å². The minimum Gasteiger partial charge on any atom is -0.481 e. The molecule has 5 N–H and O–H groups in total. The average molecular weight is 821 g/mol. The van der Waals surface area contributed by atoms with Crippen LogP contribution in [0.4, 0.5) is 4.79 Å². The van der Waals surface area contributed by atoms with E-state index in [4.69, 9.17) is 18.9 Å². The fourth-order valence-electron chi connectivity index (χ4n) is 9.73. The molecule has 59 heavy (non-hydrogen) atoms. The van der Waals surface area contributed by atoms with Gasteiger partial charge in [-0.1, -0.05) is 62.4 Å². The van der Waals surface area contributed by atoms with E-state index < -0.39 is 119 Å². The smallest absolute Gasteiger partial charge is 0.481 e. The number of carbonyl (C=O) groups excluding carboxylic acids is 4. The van der Waals surface area contributed by atoms with E-state index in [0.29, 0.717) is 5.56 Å². The van der Waals surface area contributed by atoms with Crippen molar-refractivity contribution in [2.75, 3.05) is 6.61 Å². The number of aliphatic hydroxyl groups is 4. The summed E-state index contributed by atoms with van der Waals surface area (Å²) in [7, 11) is 0. The molecule has 15 heteroatoms. The molecule has 6 rings (SSSR count).